The van der Waals surface area contributed by atoms with E-state index >= 15 is 0 Å². The van der Waals surface area contributed by atoms with Crippen molar-refractivity contribution >= 4 is 22.7 Å². The van der Waals surface area contributed by atoms with Gasteiger partial charge in [-0.15, -0.1) is 0 Å². The first-order valence-corrected chi connectivity index (χ1v) is 7.40. The predicted molar refractivity (Wildman–Crippen MR) is 87.6 cm³/mol. The Morgan fingerprint density at radius 2 is 1.82 bits per heavy atom. The van der Waals surface area contributed by atoms with Gasteiger partial charge in [-0.05, 0) is 30.2 Å². The van der Waals surface area contributed by atoms with E-state index in [1.165, 1.54) is 5.39 Å². The number of nitrogens with one attached hydrogen (secondary N) is 3. The molecule has 2 rings (SSSR count). The van der Waals surface area contributed by atoms with Crippen LogP contribution in [0.4, 0.5) is 4.79 Å². The minimum absolute atomic E-state index is 0.00564. The second-order valence-electron chi connectivity index (χ2n) is 5.08. The highest BCUT2D eigenvalue weighted by atomic mass is 16.2. The van der Waals surface area contributed by atoms with Gasteiger partial charge in [0.15, 0.2) is 0 Å². The molecule has 2 aromatic carbocycles. The highest BCUT2D eigenvalue weighted by Crippen LogP contribution is 2.23. The number of rotatable bonds is 5. The smallest absolute Gasteiger partial charge is 0.321 e. The third-order valence-corrected chi connectivity index (χ3v) is 3.45. The number of carbonyl (C=O) groups is 2. The molecule has 0 aliphatic heterocycles. The maximum atomic E-state index is 11.7. The summed E-state index contributed by atoms with van der Waals surface area (Å²) in [6, 6.07) is 13.8. The Kier molecular flexibility index (Phi) is 5.49. The van der Waals surface area contributed by atoms with E-state index in [0.717, 1.165) is 10.9 Å². The normalized spacial score (nSPS) is 11.9. The van der Waals surface area contributed by atoms with Crippen LogP contribution < -0.4 is 16.0 Å². The van der Waals surface area contributed by atoms with E-state index in [-0.39, 0.29) is 18.5 Å². The van der Waals surface area contributed by atoms with Crippen molar-refractivity contribution < 1.29 is 9.59 Å². The highest BCUT2D eigenvalue weighted by Gasteiger charge is 2.11. The van der Waals surface area contributed by atoms with Crippen LogP contribution in [0.3, 0.4) is 0 Å². The molecular weight excluding hydrogens is 278 g/mol. The lowest BCUT2D eigenvalue weighted by atomic mass is 10.00. The molecule has 22 heavy (non-hydrogen) atoms. The Morgan fingerprint density at radius 3 is 2.59 bits per heavy atom. The van der Waals surface area contributed by atoms with Gasteiger partial charge in [0.2, 0.25) is 5.91 Å². The molecule has 0 spiro atoms. The zero-order valence-corrected chi connectivity index (χ0v) is 12.8. The molecule has 0 fully saturated rings. The van der Waals surface area contributed by atoms with Crippen molar-refractivity contribution in [1.29, 1.82) is 0 Å². The molecular formula is C17H21N3O2. The van der Waals surface area contributed by atoms with Crippen LogP contribution in [0, 0.1) is 0 Å². The third kappa shape index (κ3) is 4.05. The average Bonchev–Trinajstić information content (AvgIpc) is 2.52. The number of imide groups is 1. The first-order chi connectivity index (χ1) is 10.6. The third-order valence-electron chi connectivity index (χ3n) is 3.45. The molecule has 5 heteroatoms. The fourth-order valence-corrected chi connectivity index (χ4v) is 2.36. The second kappa shape index (κ2) is 7.56. The Labute approximate surface area is 130 Å². The van der Waals surface area contributed by atoms with Crippen LogP contribution in [0.15, 0.2) is 42.5 Å². The molecule has 0 saturated carbocycles. The van der Waals surface area contributed by atoms with Crippen LogP contribution in [0.25, 0.3) is 10.8 Å². The van der Waals surface area contributed by atoms with Crippen LogP contribution >= 0.6 is 0 Å². The molecule has 0 aromatic heterocycles. The Morgan fingerprint density at radius 1 is 1.09 bits per heavy atom. The second-order valence-corrected chi connectivity index (χ2v) is 5.08. The summed E-state index contributed by atoms with van der Waals surface area (Å²) in [6.45, 7) is 4.37. The van der Waals surface area contributed by atoms with Gasteiger partial charge in [0.25, 0.3) is 0 Å². The van der Waals surface area contributed by atoms with Crippen LogP contribution in [-0.4, -0.2) is 25.0 Å². The van der Waals surface area contributed by atoms with E-state index in [2.05, 4.69) is 34.1 Å². The summed E-state index contributed by atoms with van der Waals surface area (Å²) >= 11 is 0. The largest absolute Gasteiger partial charge is 0.338 e. The molecule has 0 unspecified atom stereocenters. The van der Waals surface area contributed by atoms with Crippen molar-refractivity contribution in [1.82, 2.24) is 16.0 Å². The maximum absolute atomic E-state index is 11.7. The first kappa shape index (κ1) is 16.0. The van der Waals surface area contributed by atoms with Gasteiger partial charge in [0.05, 0.1) is 6.54 Å². The molecule has 0 saturated heterocycles. The van der Waals surface area contributed by atoms with Crippen LogP contribution in [0.2, 0.25) is 0 Å². The van der Waals surface area contributed by atoms with Gasteiger partial charge in [0, 0.05) is 12.6 Å². The summed E-state index contributed by atoms with van der Waals surface area (Å²) in [5.74, 6) is -0.349. The number of urea groups is 1. The zero-order valence-electron chi connectivity index (χ0n) is 12.8. The quantitative estimate of drug-likeness (QED) is 0.793. The van der Waals surface area contributed by atoms with Crippen LogP contribution in [-0.2, 0) is 4.79 Å². The molecule has 0 aliphatic carbocycles. The van der Waals surface area contributed by atoms with E-state index in [1.54, 1.807) is 6.92 Å². The van der Waals surface area contributed by atoms with Crippen molar-refractivity contribution in [2.75, 3.05) is 13.1 Å². The molecule has 0 aliphatic rings. The molecule has 5 nitrogen and oxygen atoms in total. The number of fused-ring (bicyclic) bond motifs is 1. The van der Waals surface area contributed by atoms with Crippen molar-refractivity contribution in [3.8, 4) is 0 Å². The van der Waals surface area contributed by atoms with Gasteiger partial charge in [-0.1, -0.05) is 42.5 Å². The van der Waals surface area contributed by atoms with E-state index in [0.29, 0.717) is 6.54 Å². The lowest BCUT2D eigenvalue weighted by Crippen LogP contribution is -2.43. The molecule has 0 bridgehead atoms. The molecule has 2 aromatic rings. The van der Waals surface area contributed by atoms with Gasteiger partial charge in [-0.2, -0.15) is 0 Å². The molecule has 3 N–H and O–H groups in total. The van der Waals surface area contributed by atoms with E-state index < -0.39 is 6.03 Å². The fraction of sp³-hybridized carbons (Fsp3) is 0.294. The van der Waals surface area contributed by atoms with Gasteiger partial charge < -0.3 is 10.6 Å². The number of amides is 3. The van der Waals surface area contributed by atoms with Crippen molar-refractivity contribution in [3.05, 3.63) is 48.0 Å². The summed E-state index contributed by atoms with van der Waals surface area (Å²) in [6.07, 6.45) is 0. The summed E-state index contributed by atoms with van der Waals surface area (Å²) in [4.78, 5) is 23.0. The summed E-state index contributed by atoms with van der Waals surface area (Å²) < 4.78 is 0. The average molecular weight is 299 g/mol. The van der Waals surface area contributed by atoms with Crippen molar-refractivity contribution in [2.45, 2.75) is 19.9 Å². The summed E-state index contributed by atoms with van der Waals surface area (Å²) in [5.41, 5.74) is 1.13. The molecule has 0 heterocycles. The van der Waals surface area contributed by atoms with Crippen LogP contribution in [0.5, 0.6) is 0 Å². The van der Waals surface area contributed by atoms with Gasteiger partial charge in [-0.3, -0.25) is 10.1 Å². The standard InChI is InChI=1S/C17H21N3O2/c1-3-18-17(22)20-16(21)11-19-12(2)14-10-6-8-13-7-4-5-9-15(13)14/h4-10,12,19H,3,11H2,1-2H3,(H2,18,20,21,22)/t12-/m1/s1. The fourth-order valence-electron chi connectivity index (χ4n) is 2.36. The minimum atomic E-state index is -0.466. The number of hydrogen-bond donors (Lipinski definition) is 3. The van der Waals surface area contributed by atoms with Gasteiger partial charge in [-0.25, -0.2) is 4.79 Å². The Hall–Kier alpha value is -2.40. The predicted octanol–water partition coefficient (Wildman–Crippen LogP) is 2.34. The van der Waals surface area contributed by atoms with Crippen molar-refractivity contribution in [2.24, 2.45) is 0 Å². The number of hydrogen-bond acceptors (Lipinski definition) is 3. The van der Waals surface area contributed by atoms with Gasteiger partial charge >= 0.3 is 6.03 Å². The summed E-state index contributed by atoms with van der Waals surface area (Å²) in [5, 5.41) is 10.3. The topological polar surface area (TPSA) is 70.2 Å². The molecule has 1 atom stereocenters. The molecule has 0 radical (unpaired) electrons. The Balaban J connectivity index is 1.98. The first-order valence-electron chi connectivity index (χ1n) is 7.40. The molecule has 3 amide bonds. The number of carbonyl (C=O) groups excluding carboxylic acids is 2. The van der Waals surface area contributed by atoms with E-state index in [9.17, 15) is 9.59 Å². The zero-order chi connectivity index (χ0) is 15.9. The van der Waals surface area contributed by atoms with E-state index in [1.807, 2.05) is 31.2 Å². The van der Waals surface area contributed by atoms with Crippen LogP contribution in [0.1, 0.15) is 25.5 Å². The highest BCUT2D eigenvalue weighted by molar-refractivity contribution is 5.95. The molecule has 116 valence electrons. The monoisotopic (exact) mass is 299 g/mol. The lowest BCUT2D eigenvalue weighted by Gasteiger charge is -2.16. The minimum Gasteiger partial charge on any atom is -0.338 e. The SMILES string of the molecule is CCNC(=O)NC(=O)CN[C@H](C)c1cccc2ccccc12. The number of benzene rings is 2. The summed E-state index contributed by atoms with van der Waals surface area (Å²) in [7, 11) is 0. The van der Waals surface area contributed by atoms with E-state index in [4.69, 9.17) is 0 Å². The van der Waals surface area contributed by atoms with Gasteiger partial charge in [0.1, 0.15) is 0 Å². The maximum Gasteiger partial charge on any atom is 0.321 e. The van der Waals surface area contributed by atoms with Crippen molar-refractivity contribution in [3.63, 3.8) is 0 Å². The lowest BCUT2D eigenvalue weighted by molar-refractivity contribution is -0.119. The Bertz CT molecular complexity index is 665.